The van der Waals surface area contributed by atoms with Gasteiger partial charge in [0.15, 0.2) is 0 Å². The van der Waals surface area contributed by atoms with E-state index >= 15 is 0 Å². The summed E-state index contributed by atoms with van der Waals surface area (Å²) in [6, 6.07) is 3.14. The Kier molecular flexibility index (Phi) is 3.78. The Labute approximate surface area is 113 Å². The van der Waals surface area contributed by atoms with Gasteiger partial charge in [-0.15, -0.1) is 0 Å². The average molecular weight is 323 g/mol. The van der Waals surface area contributed by atoms with Crippen LogP contribution in [-0.2, 0) is 5.60 Å². The van der Waals surface area contributed by atoms with Crippen molar-refractivity contribution in [2.24, 2.45) is 5.73 Å². The van der Waals surface area contributed by atoms with Crippen LogP contribution < -0.4 is 5.73 Å². The van der Waals surface area contributed by atoms with Gasteiger partial charge in [-0.2, -0.15) is 0 Å². The SMILES string of the molecule is NC1CCCC(O)(c2ccc(Br)c(Cl)c2F)C1. The van der Waals surface area contributed by atoms with Crippen molar-refractivity contribution in [3.63, 3.8) is 0 Å². The summed E-state index contributed by atoms with van der Waals surface area (Å²) in [4.78, 5) is 0. The van der Waals surface area contributed by atoms with E-state index in [9.17, 15) is 9.50 Å². The molecule has 1 aromatic rings. The van der Waals surface area contributed by atoms with Crippen molar-refractivity contribution in [2.45, 2.75) is 37.3 Å². The van der Waals surface area contributed by atoms with E-state index in [-0.39, 0.29) is 16.6 Å². The molecular formula is C12H14BrClFNO. The highest BCUT2D eigenvalue weighted by molar-refractivity contribution is 9.10. The standard InChI is InChI=1S/C12H14BrClFNO/c13-9-4-3-8(11(15)10(9)14)12(17)5-1-2-7(16)6-12/h3-4,7,17H,1-2,5-6,16H2. The molecule has 0 saturated heterocycles. The van der Waals surface area contributed by atoms with E-state index in [1.165, 1.54) is 0 Å². The van der Waals surface area contributed by atoms with Crippen LogP contribution in [-0.4, -0.2) is 11.1 Å². The molecule has 2 unspecified atom stereocenters. The maximum absolute atomic E-state index is 14.1. The van der Waals surface area contributed by atoms with Crippen molar-refractivity contribution in [3.8, 4) is 0 Å². The van der Waals surface area contributed by atoms with Crippen LogP contribution in [0.5, 0.6) is 0 Å². The zero-order valence-corrected chi connectivity index (χ0v) is 11.6. The molecule has 3 N–H and O–H groups in total. The molecular weight excluding hydrogens is 308 g/mol. The fourth-order valence-corrected chi connectivity index (χ4v) is 2.90. The minimum absolute atomic E-state index is 0.00932. The Morgan fingerprint density at radius 2 is 2.24 bits per heavy atom. The van der Waals surface area contributed by atoms with Gasteiger partial charge < -0.3 is 10.8 Å². The van der Waals surface area contributed by atoms with Gasteiger partial charge in [-0.05, 0) is 47.7 Å². The van der Waals surface area contributed by atoms with Gasteiger partial charge in [-0.25, -0.2) is 4.39 Å². The summed E-state index contributed by atoms with van der Waals surface area (Å²) >= 11 is 8.99. The minimum Gasteiger partial charge on any atom is -0.385 e. The third-order valence-corrected chi connectivity index (χ3v) is 4.56. The third kappa shape index (κ3) is 2.50. The summed E-state index contributed by atoms with van der Waals surface area (Å²) in [5, 5.41) is 10.5. The molecule has 0 spiro atoms. The average Bonchev–Trinajstić information content (AvgIpc) is 2.25. The number of benzene rings is 1. The van der Waals surface area contributed by atoms with Gasteiger partial charge in [0.2, 0.25) is 0 Å². The molecule has 0 amide bonds. The van der Waals surface area contributed by atoms with Crippen molar-refractivity contribution in [3.05, 3.63) is 33.0 Å². The molecule has 1 aliphatic rings. The van der Waals surface area contributed by atoms with Crippen molar-refractivity contribution < 1.29 is 9.50 Å². The second kappa shape index (κ2) is 4.84. The molecule has 5 heteroatoms. The van der Waals surface area contributed by atoms with E-state index in [2.05, 4.69) is 15.9 Å². The zero-order valence-electron chi connectivity index (χ0n) is 9.22. The molecule has 0 heterocycles. The highest BCUT2D eigenvalue weighted by atomic mass is 79.9. The lowest BCUT2D eigenvalue weighted by molar-refractivity contribution is -0.0102. The normalized spacial score (nSPS) is 29.4. The Balaban J connectivity index is 2.42. The predicted molar refractivity (Wildman–Crippen MR) is 69.5 cm³/mol. The summed E-state index contributed by atoms with van der Waals surface area (Å²) in [6.07, 6.45) is 2.57. The molecule has 2 atom stereocenters. The van der Waals surface area contributed by atoms with E-state index in [0.29, 0.717) is 17.3 Å². The number of nitrogens with two attached hydrogens (primary N) is 1. The first kappa shape index (κ1) is 13.3. The van der Waals surface area contributed by atoms with E-state index in [1.807, 2.05) is 0 Å². The maximum Gasteiger partial charge on any atom is 0.149 e. The third-order valence-electron chi connectivity index (χ3n) is 3.30. The van der Waals surface area contributed by atoms with Crippen LogP contribution in [0.25, 0.3) is 0 Å². The first-order chi connectivity index (χ1) is 7.94. The lowest BCUT2D eigenvalue weighted by Gasteiger charge is -2.36. The van der Waals surface area contributed by atoms with Gasteiger partial charge in [0, 0.05) is 16.1 Å². The van der Waals surface area contributed by atoms with Crippen LogP contribution in [0.15, 0.2) is 16.6 Å². The topological polar surface area (TPSA) is 46.2 Å². The fraction of sp³-hybridized carbons (Fsp3) is 0.500. The van der Waals surface area contributed by atoms with Crippen molar-refractivity contribution in [2.75, 3.05) is 0 Å². The lowest BCUT2D eigenvalue weighted by atomic mass is 9.77. The number of hydrogen-bond donors (Lipinski definition) is 2. The lowest BCUT2D eigenvalue weighted by Crippen LogP contribution is -2.39. The van der Waals surface area contributed by atoms with Gasteiger partial charge >= 0.3 is 0 Å². The van der Waals surface area contributed by atoms with Gasteiger partial charge in [0.05, 0.1) is 10.6 Å². The van der Waals surface area contributed by atoms with Crippen molar-refractivity contribution in [1.29, 1.82) is 0 Å². The molecule has 1 fully saturated rings. The molecule has 0 aliphatic heterocycles. The van der Waals surface area contributed by atoms with Gasteiger partial charge in [-0.3, -0.25) is 0 Å². The summed E-state index contributed by atoms with van der Waals surface area (Å²) in [7, 11) is 0. The molecule has 17 heavy (non-hydrogen) atoms. The van der Waals surface area contributed by atoms with Crippen molar-refractivity contribution >= 4 is 27.5 Å². The molecule has 0 radical (unpaired) electrons. The van der Waals surface area contributed by atoms with E-state index < -0.39 is 11.4 Å². The number of rotatable bonds is 1. The summed E-state index contributed by atoms with van der Waals surface area (Å²) in [6.45, 7) is 0. The van der Waals surface area contributed by atoms with Gasteiger partial charge in [0.25, 0.3) is 0 Å². The zero-order chi connectivity index (χ0) is 12.6. The van der Waals surface area contributed by atoms with E-state index in [0.717, 1.165) is 12.8 Å². The van der Waals surface area contributed by atoms with E-state index in [4.69, 9.17) is 17.3 Å². The molecule has 94 valence electrons. The van der Waals surface area contributed by atoms with Crippen molar-refractivity contribution in [1.82, 2.24) is 0 Å². The number of hydrogen-bond acceptors (Lipinski definition) is 2. The largest absolute Gasteiger partial charge is 0.385 e. The highest BCUT2D eigenvalue weighted by Crippen LogP contribution is 2.40. The molecule has 0 aromatic heterocycles. The molecule has 1 saturated carbocycles. The monoisotopic (exact) mass is 321 g/mol. The Morgan fingerprint density at radius 1 is 1.53 bits per heavy atom. The maximum atomic E-state index is 14.1. The molecule has 1 aromatic carbocycles. The van der Waals surface area contributed by atoms with Crippen LogP contribution in [0.2, 0.25) is 5.02 Å². The summed E-state index contributed by atoms with van der Waals surface area (Å²) in [5.41, 5.74) is 4.90. The first-order valence-electron chi connectivity index (χ1n) is 5.56. The smallest absolute Gasteiger partial charge is 0.149 e. The van der Waals surface area contributed by atoms with Crippen LogP contribution >= 0.6 is 27.5 Å². The summed E-state index contributed by atoms with van der Waals surface area (Å²) < 4.78 is 14.5. The predicted octanol–water partition coefficient (Wildman–Crippen LogP) is 3.33. The van der Waals surface area contributed by atoms with Crippen LogP contribution in [0, 0.1) is 5.82 Å². The quantitative estimate of drug-likeness (QED) is 0.779. The van der Waals surface area contributed by atoms with Crippen LogP contribution in [0.1, 0.15) is 31.2 Å². The van der Waals surface area contributed by atoms with Crippen LogP contribution in [0.3, 0.4) is 0 Å². The van der Waals surface area contributed by atoms with Gasteiger partial charge in [0.1, 0.15) is 5.82 Å². The second-order valence-electron chi connectivity index (χ2n) is 4.61. The summed E-state index contributed by atoms with van der Waals surface area (Å²) in [5.74, 6) is -0.558. The number of halogens is 3. The fourth-order valence-electron chi connectivity index (χ4n) is 2.42. The van der Waals surface area contributed by atoms with Crippen LogP contribution in [0.4, 0.5) is 4.39 Å². The Hall–Kier alpha value is -0.160. The minimum atomic E-state index is -1.19. The number of aliphatic hydroxyl groups is 1. The first-order valence-corrected chi connectivity index (χ1v) is 6.73. The Morgan fingerprint density at radius 3 is 2.88 bits per heavy atom. The van der Waals surface area contributed by atoms with E-state index in [1.54, 1.807) is 12.1 Å². The second-order valence-corrected chi connectivity index (χ2v) is 5.84. The molecule has 0 bridgehead atoms. The molecule has 1 aliphatic carbocycles. The van der Waals surface area contributed by atoms with Gasteiger partial charge in [-0.1, -0.05) is 17.7 Å². The molecule has 2 nitrogen and oxygen atoms in total. The Bertz CT molecular complexity index is 443. The highest BCUT2D eigenvalue weighted by Gasteiger charge is 2.37. The molecule has 2 rings (SSSR count).